The number of ether oxygens (including phenoxy) is 2. The molecular weight excluding hydrogens is 430 g/mol. The average molecular weight is 454 g/mol. The molecule has 0 bridgehead atoms. The third kappa shape index (κ3) is 6.36. The lowest BCUT2D eigenvalue weighted by molar-refractivity contribution is -0.123. The summed E-state index contributed by atoms with van der Waals surface area (Å²) in [6.07, 6.45) is 0.138. The maximum atomic E-state index is 12.1. The van der Waals surface area contributed by atoms with Gasteiger partial charge in [-0.25, -0.2) is 0 Å². The standard InChI is InChI=1S/C24H24BrNO3/c1-17(2)29-21-11-8-18(9-12-21)15-26-24(27)16-28-23-13-10-20(14-22(23)25)19-6-4-3-5-7-19/h3-14,17H,15-16H2,1-2H3,(H,26,27). The Morgan fingerprint density at radius 2 is 1.69 bits per heavy atom. The fourth-order valence-electron chi connectivity index (χ4n) is 2.78. The SMILES string of the molecule is CC(C)Oc1ccc(CNC(=O)COc2ccc(-c3ccccc3)cc2Br)cc1. The van der Waals surface area contributed by atoms with Crippen molar-refractivity contribution in [3.05, 3.63) is 82.8 Å². The van der Waals surface area contributed by atoms with Crippen LogP contribution in [0.4, 0.5) is 0 Å². The molecule has 0 saturated carbocycles. The van der Waals surface area contributed by atoms with Gasteiger partial charge >= 0.3 is 0 Å². The Kier molecular flexibility index (Phi) is 7.30. The molecule has 0 spiro atoms. The summed E-state index contributed by atoms with van der Waals surface area (Å²) >= 11 is 3.53. The molecule has 0 aliphatic carbocycles. The number of rotatable bonds is 8. The summed E-state index contributed by atoms with van der Waals surface area (Å²) in [5.74, 6) is 1.28. The largest absolute Gasteiger partial charge is 0.491 e. The summed E-state index contributed by atoms with van der Waals surface area (Å²) in [4.78, 5) is 12.1. The minimum absolute atomic E-state index is 0.0438. The molecule has 0 radical (unpaired) electrons. The van der Waals surface area contributed by atoms with Crippen molar-refractivity contribution in [3.8, 4) is 22.6 Å². The number of amides is 1. The molecule has 29 heavy (non-hydrogen) atoms. The van der Waals surface area contributed by atoms with E-state index < -0.39 is 0 Å². The zero-order chi connectivity index (χ0) is 20.6. The molecule has 4 nitrogen and oxygen atoms in total. The second kappa shape index (κ2) is 10.1. The van der Waals surface area contributed by atoms with Gasteiger partial charge in [0.15, 0.2) is 6.61 Å². The van der Waals surface area contributed by atoms with E-state index in [1.165, 1.54) is 0 Å². The summed E-state index contributed by atoms with van der Waals surface area (Å²) < 4.78 is 12.1. The van der Waals surface area contributed by atoms with Gasteiger partial charge in [-0.15, -0.1) is 0 Å². The Labute approximate surface area is 180 Å². The monoisotopic (exact) mass is 453 g/mol. The van der Waals surface area contributed by atoms with Crippen molar-refractivity contribution >= 4 is 21.8 Å². The van der Waals surface area contributed by atoms with E-state index >= 15 is 0 Å². The first-order valence-electron chi connectivity index (χ1n) is 9.51. The molecule has 0 heterocycles. The molecule has 3 aromatic carbocycles. The minimum atomic E-state index is -0.174. The van der Waals surface area contributed by atoms with Crippen LogP contribution in [-0.4, -0.2) is 18.6 Å². The Balaban J connectivity index is 1.49. The molecule has 3 rings (SSSR count). The Morgan fingerprint density at radius 1 is 0.966 bits per heavy atom. The van der Waals surface area contributed by atoms with E-state index in [1.54, 1.807) is 0 Å². The number of carbonyl (C=O) groups is 1. The van der Waals surface area contributed by atoms with Crippen LogP contribution in [0.1, 0.15) is 19.4 Å². The van der Waals surface area contributed by atoms with Crippen LogP contribution in [0, 0.1) is 0 Å². The molecule has 150 valence electrons. The average Bonchev–Trinajstić information content (AvgIpc) is 2.72. The van der Waals surface area contributed by atoms with Crippen LogP contribution in [0.3, 0.4) is 0 Å². The van der Waals surface area contributed by atoms with Crippen LogP contribution in [0.15, 0.2) is 77.3 Å². The highest BCUT2D eigenvalue weighted by Crippen LogP contribution is 2.30. The van der Waals surface area contributed by atoms with Gasteiger partial charge in [0.25, 0.3) is 5.91 Å². The smallest absolute Gasteiger partial charge is 0.258 e. The first-order chi connectivity index (χ1) is 14.0. The summed E-state index contributed by atoms with van der Waals surface area (Å²) in [5.41, 5.74) is 3.21. The number of hydrogen-bond acceptors (Lipinski definition) is 3. The van der Waals surface area contributed by atoms with Gasteiger partial charge < -0.3 is 14.8 Å². The van der Waals surface area contributed by atoms with Crippen molar-refractivity contribution < 1.29 is 14.3 Å². The van der Waals surface area contributed by atoms with Gasteiger partial charge in [0.2, 0.25) is 0 Å². The quantitative estimate of drug-likeness (QED) is 0.482. The van der Waals surface area contributed by atoms with Crippen molar-refractivity contribution in [1.82, 2.24) is 5.32 Å². The van der Waals surface area contributed by atoms with Crippen LogP contribution in [0.5, 0.6) is 11.5 Å². The molecule has 0 fully saturated rings. The molecule has 0 aliphatic heterocycles. The van der Waals surface area contributed by atoms with E-state index in [4.69, 9.17) is 9.47 Å². The highest BCUT2D eigenvalue weighted by Gasteiger charge is 2.08. The lowest BCUT2D eigenvalue weighted by atomic mass is 10.1. The van der Waals surface area contributed by atoms with Crippen LogP contribution in [-0.2, 0) is 11.3 Å². The molecular formula is C24H24BrNO3. The second-order valence-corrected chi connectivity index (χ2v) is 7.74. The van der Waals surface area contributed by atoms with Gasteiger partial charge in [-0.1, -0.05) is 48.5 Å². The summed E-state index contributed by atoms with van der Waals surface area (Å²) in [5, 5.41) is 2.87. The number of nitrogens with one attached hydrogen (secondary N) is 1. The molecule has 0 unspecified atom stereocenters. The number of carbonyl (C=O) groups excluding carboxylic acids is 1. The third-order valence-electron chi connectivity index (χ3n) is 4.18. The third-order valence-corrected chi connectivity index (χ3v) is 4.80. The fourth-order valence-corrected chi connectivity index (χ4v) is 3.27. The molecule has 1 amide bonds. The minimum Gasteiger partial charge on any atom is -0.491 e. The predicted octanol–water partition coefficient (Wildman–Crippen LogP) is 5.60. The highest BCUT2D eigenvalue weighted by molar-refractivity contribution is 9.10. The van der Waals surface area contributed by atoms with Gasteiger partial charge in [-0.2, -0.15) is 0 Å². The Hall–Kier alpha value is -2.79. The lowest BCUT2D eigenvalue weighted by Gasteiger charge is -2.12. The maximum absolute atomic E-state index is 12.1. The van der Waals surface area contributed by atoms with E-state index in [-0.39, 0.29) is 18.6 Å². The lowest BCUT2D eigenvalue weighted by Crippen LogP contribution is -2.28. The van der Waals surface area contributed by atoms with Crippen molar-refractivity contribution in [3.63, 3.8) is 0 Å². The molecule has 0 aliphatic rings. The van der Waals surface area contributed by atoms with Gasteiger partial charge in [0.1, 0.15) is 11.5 Å². The molecule has 0 saturated heterocycles. The second-order valence-electron chi connectivity index (χ2n) is 6.89. The zero-order valence-electron chi connectivity index (χ0n) is 16.5. The van der Waals surface area contributed by atoms with E-state index in [0.29, 0.717) is 12.3 Å². The van der Waals surface area contributed by atoms with Gasteiger partial charge in [-0.3, -0.25) is 4.79 Å². The van der Waals surface area contributed by atoms with Gasteiger partial charge in [0.05, 0.1) is 10.6 Å². The van der Waals surface area contributed by atoms with Crippen LogP contribution < -0.4 is 14.8 Å². The topological polar surface area (TPSA) is 47.6 Å². The first kappa shape index (κ1) is 20.9. The van der Waals surface area contributed by atoms with E-state index in [1.807, 2.05) is 74.5 Å². The predicted molar refractivity (Wildman–Crippen MR) is 119 cm³/mol. The van der Waals surface area contributed by atoms with E-state index in [0.717, 1.165) is 26.9 Å². The Morgan fingerprint density at radius 3 is 2.34 bits per heavy atom. The number of halogens is 1. The van der Waals surface area contributed by atoms with E-state index in [2.05, 4.69) is 33.4 Å². The van der Waals surface area contributed by atoms with Crippen molar-refractivity contribution in [2.75, 3.05) is 6.61 Å². The van der Waals surface area contributed by atoms with Crippen molar-refractivity contribution in [2.24, 2.45) is 0 Å². The fraction of sp³-hybridized carbons (Fsp3) is 0.208. The summed E-state index contributed by atoms with van der Waals surface area (Å²) in [6, 6.07) is 23.6. The van der Waals surface area contributed by atoms with Gasteiger partial charge in [0, 0.05) is 6.54 Å². The van der Waals surface area contributed by atoms with Crippen LogP contribution >= 0.6 is 15.9 Å². The maximum Gasteiger partial charge on any atom is 0.258 e. The number of hydrogen-bond donors (Lipinski definition) is 1. The highest BCUT2D eigenvalue weighted by atomic mass is 79.9. The molecule has 0 atom stereocenters. The van der Waals surface area contributed by atoms with E-state index in [9.17, 15) is 4.79 Å². The summed E-state index contributed by atoms with van der Waals surface area (Å²) in [7, 11) is 0. The zero-order valence-corrected chi connectivity index (χ0v) is 18.1. The van der Waals surface area contributed by atoms with Crippen molar-refractivity contribution in [2.45, 2.75) is 26.5 Å². The van der Waals surface area contributed by atoms with Gasteiger partial charge in [-0.05, 0) is 70.7 Å². The van der Waals surface area contributed by atoms with Crippen molar-refractivity contribution in [1.29, 1.82) is 0 Å². The van der Waals surface area contributed by atoms with Crippen LogP contribution in [0.25, 0.3) is 11.1 Å². The molecule has 1 N–H and O–H groups in total. The summed E-state index contributed by atoms with van der Waals surface area (Å²) in [6.45, 7) is 4.37. The Bertz CT molecular complexity index is 940. The first-order valence-corrected chi connectivity index (χ1v) is 10.3. The normalized spacial score (nSPS) is 10.6. The molecule has 0 aromatic heterocycles. The molecule has 3 aromatic rings. The van der Waals surface area contributed by atoms with Crippen LogP contribution in [0.2, 0.25) is 0 Å². The molecule has 5 heteroatoms. The number of benzene rings is 3.